The molecule has 0 fully saturated rings. The molecule has 2 aromatic carbocycles. The van der Waals surface area contributed by atoms with Gasteiger partial charge in [0.25, 0.3) is 5.89 Å². The van der Waals surface area contributed by atoms with Crippen molar-refractivity contribution in [3.8, 4) is 10.7 Å². The number of carbonyl (C=O) groups excluding carboxylic acids is 1. The van der Waals surface area contributed by atoms with E-state index >= 15 is 0 Å². The van der Waals surface area contributed by atoms with Gasteiger partial charge in [0.05, 0.1) is 16.5 Å². The molecule has 3 heterocycles. The molecule has 1 aliphatic rings. The van der Waals surface area contributed by atoms with Gasteiger partial charge in [0.1, 0.15) is 5.82 Å². The van der Waals surface area contributed by atoms with Gasteiger partial charge in [0.2, 0.25) is 5.82 Å². The van der Waals surface area contributed by atoms with Crippen LogP contribution in [0.15, 0.2) is 82.3 Å². The van der Waals surface area contributed by atoms with E-state index in [1.54, 1.807) is 17.0 Å². The molecule has 5 rings (SSSR count). The van der Waals surface area contributed by atoms with E-state index in [4.69, 9.17) is 4.52 Å². The first kappa shape index (κ1) is 21.1. The van der Waals surface area contributed by atoms with Crippen LogP contribution in [0.25, 0.3) is 16.3 Å². The summed E-state index contributed by atoms with van der Waals surface area (Å²) in [6, 6.07) is 19.1. The Morgan fingerprint density at radius 2 is 1.97 bits per heavy atom. The van der Waals surface area contributed by atoms with Crippen LogP contribution in [-0.4, -0.2) is 27.6 Å². The molecule has 166 valence electrons. The van der Waals surface area contributed by atoms with Gasteiger partial charge in [-0.3, -0.25) is 4.90 Å². The molecule has 2 aromatic heterocycles. The van der Waals surface area contributed by atoms with Crippen molar-refractivity contribution < 1.29 is 13.7 Å². The average molecular weight is 461 g/mol. The van der Waals surface area contributed by atoms with E-state index in [0.717, 1.165) is 10.4 Å². The van der Waals surface area contributed by atoms with Gasteiger partial charge in [-0.05, 0) is 48.1 Å². The summed E-state index contributed by atoms with van der Waals surface area (Å²) in [5.74, 6) is 0.399. The molecule has 1 atom stereocenters. The topological polar surface area (TPSA) is 71.3 Å². The monoisotopic (exact) mass is 460 g/mol. The first-order valence-electron chi connectivity index (χ1n) is 10.6. The molecule has 4 aromatic rings. The minimum Gasteiger partial charge on any atom is -0.334 e. The highest BCUT2D eigenvalue weighted by Crippen LogP contribution is 2.37. The zero-order chi connectivity index (χ0) is 22.8. The first-order chi connectivity index (χ1) is 16.1. The number of nitrogens with zero attached hydrogens (tertiary/aromatic N) is 3. The van der Waals surface area contributed by atoms with E-state index < -0.39 is 6.04 Å². The number of carbonyl (C=O) groups is 1. The van der Waals surface area contributed by atoms with E-state index in [1.807, 2.05) is 54.8 Å². The maximum atomic E-state index is 14.0. The van der Waals surface area contributed by atoms with Gasteiger partial charge in [0, 0.05) is 12.2 Å². The minimum absolute atomic E-state index is 0.251. The summed E-state index contributed by atoms with van der Waals surface area (Å²) in [4.78, 5) is 20.2. The van der Waals surface area contributed by atoms with E-state index in [1.165, 1.54) is 23.5 Å². The number of thiophene rings is 1. The second-order valence-corrected chi connectivity index (χ2v) is 8.67. The maximum absolute atomic E-state index is 14.0. The predicted molar refractivity (Wildman–Crippen MR) is 125 cm³/mol. The molecule has 0 saturated heterocycles. The van der Waals surface area contributed by atoms with Crippen LogP contribution < -0.4 is 5.32 Å². The molecule has 0 radical (unpaired) electrons. The summed E-state index contributed by atoms with van der Waals surface area (Å²) >= 11 is 1.51. The number of allylic oxidation sites excluding steroid dienone is 1. The van der Waals surface area contributed by atoms with Crippen molar-refractivity contribution in [2.75, 3.05) is 6.54 Å². The second-order valence-electron chi connectivity index (χ2n) is 7.72. The molecule has 0 aliphatic carbocycles. The normalized spacial score (nSPS) is 16.2. The van der Waals surface area contributed by atoms with Crippen molar-refractivity contribution in [2.45, 2.75) is 19.4 Å². The molecule has 6 nitrogen and oxygen atoms in total. The first-order valence-corrected chi connectivity index (χ1v) is 11.4. The highest BCUT2D eigenvalue weighted by molar-refractivity contribution is 7.13. The Kier molecular flexibility index (Phi) is 5.75. The lowest BCUT2D eigenvalue weighted by atomic mass is 9.94. The van der Waals surface area contributed by atoms with Crippen LogP contribution in [0.1, 0.15) is 30.0 Å². The van der Waals surface area contributed by atoms with Gasteiger partial charge >= 0.3 is 6.03 Å². The second kappa shape index (κ2) is 8.99. The number of halogens is 1. The van der Waals surface area contributed by atoms with Crippen LogP contribution >= 0.6 is 11.3 Å². The molecule has 2 amide bonds. The fraction of sp³-hybridized carbons (Fsp3) is 0.160. The van der Waals surface area contributed by atoms with E-state index in [9.17, 15) is 9.18 Å². The SMILES string of the molecule is CC1=C(c2nc(-c3cccs3)no2)C(c2cccc(F)c2)NC(=O)N1CCc1ccccc1. The van der Waals surface area contributed by atoms with Crippen LogP contribution in [0, 0.1) is 5.82 Å². The van der Waals surface area contributed by atoms with Gasteiger partial charge in [-0.15, -0.1) is 11.3 Å². The molecule has 0 spiro atoms. The van der Waals surface area contributed by atoms with Crippen LogP contribution in [-0.2, 0) is 6.42 Å². The lowest BCUT2D eigenvalue weighted by molar-refractivity contribution is 0.205. The van der Waals surface area contributed by atoms with Gasteiger partial charge < -0.3 is 9.84 Å². The number of rotatable bonds is 6. The number of amides is 2. The molecular formula is C25H21FN4O2S. The summed E-state index contributed by atoms with van der Waals surface area (Å²) in [7, 11) is 0. The summed E-state index contributed by atoms with van der Waals surface area (Å²) in [6.45, 7) is 2.34. The van der Waals surface area contributed by atoms with Crippen molar-refractivity contribution >= 4 is 22.9 Å². The third-order valence-electron chi connectivity index (χ3n) is 5.64. The molecule has 8 heteroatoms. The highest BCUT2D eigenvalue weighted by atomic mass is 32.1. The Hall–Kier alpha value is -3.78. The summed E-state index contributed by atoms with van der Waals surface area (Å²) in [5, 5.41) is 9.09. The number of nitrogens with one attached hydrogen (secondary N) is 1. The number of benzene rings is 2. The van der Waals surface area contributed by atoms with Crippen LogP contribution in [0.2, 0.25) is 0 Å². The lowest BCUT2D eigenvalue weighted by Gasteiger charge is -2.35. The number of hydrogen-bond acceptors (Lipinski definition) is 5. The smallest absolute Gasteiger partial charge is 0.322 e. The Balaban J connectivity index is 1.55. The summed E-state index contributed by atoms with van der Waals surface area (Å²) in [6.07, 6.45) is 0.688. The van der Waals surface area contributed by atoms with Gasteiger partial charge in [-0.2, -0.15) is 4.98 Å². The van der Waals surface area contributed by atoms with Crippen molar-refractivity contribution in [3.63, 3.8) is 0 Å². The van der Waals surface area contributed by atoms with Crippen LogP contribution in [0.5, 0.6) is 0 Å². The Morgan fingerprint density at radius 3 is 2.73 bits per heavy atom. The minimum atomic E-state index is -0.613. The molecule has 1 N–H and O–H groups in total. The largest absolute Gasteiger partial charge is 0.334 e. The van der Waals surface area contributed by atoms with Crippen molar-refractivity contribution in [3.05, 3.63) is 101 Å². The zero-order valence-electron chi connectivity index (χ0n) is 17.9. The number of hydrogen-bond donors (Lipinski definition) is 1. The number of aromatic nitrogens is 2. The highest BCUT2D eigenvalue weighted by Gasteiger charge is 2.35. The Bertz CT molecular complexity index is 1300. The Labute approximate surface area is 194 Å². The molecular weight excluding hydrogens is 439 g/mol. The maximum Gasteiger partial charge on any atom is 0.322 e. The molecule has 0 bridgehead atoms. The standard InChI is InChI=1S/C25H21FN4O2S/c1-16-21(24-28-23(29-32-24)20-11-6-14-33-20)22(18-9-5-10-19(26)15-18)27-25(31)30(16)13-12-17-7-3-2-4-8-17/h2-11,14-15,22H,12-13H2,1H3,(H,27,31). The van der Waals surface area contributed by atoms with Crippen LogP contribution in [0.4, 0.5) is 9.18 Å². The predicted octanol–water partition coefficient (Wildman–Crippen LogP) is 5.68. The summed E-state index contributed by atoms with van der Waals surface area (Å²) in [5.41, 5.74) is 3.09. The molecule has 0 saturated carbocycles. The quantitative estimate of drug-likeness (QED) is 0.402. The van der Waals surface area contributed by atoms with Crippen molar-refractivity contribution in [1.82, 2.24) is 20.4 Å². The third kappa shape index (κ3) is 4.29. The fourth-order valence-corrected chi connectivity index (χ4v) is 4.64. The molecule has 1 aliphatic heterocycles. The zero-order valence-corrected chi connectivity index (χ0v) is 18.7. The summed E-state index contributed by atoms with van der Waals surface area (Å²) < 4.78 is 19.7. The van der Waals surface area contributed by atoms with Crippen molar-refractivity contribution in [1.29, 1.82) is 0 Å². The Morgan fingerprint density at radius 1 is 1.12 bits per heavy atom. The van der Waals surface area contributed by atoms with Gasteiger partial charge in [-0.25, -0.2) is 9.18 Å². The average Bonchev–Trinajstić information content (AvgIpc) is 3.51. The van der Waals surface area contributed by atoms with Gasteiger partial charge in [0.15, 0.2) is 0 Å². The lowest BCUT2D eigenvalue weighted by Crippen LogP contribution is -2.46. The third-order valence-corrected chi connectivity index (χ3v) is 6.51. The van der Waals surface area contributed by atoms with Crippen molar-refractivity contribution in [2.24, 2.45) is 0 Å². The molecule has 33 heavy (non-hydrogen) atoms. The van der Waals surface area contributed by atoms with E-state index in [-0.39, 0.29) is 11.8 Å². The number of urea groups is 1. The fourth-order valence-electron chi connectivity index (χ4n) is 3.99. The van der Waals surface area contributed by atoms with Gasteiger partial charge in [-0.1, -0.05) is 53.7 Å². The van der Waals surface area contributed by atoms with E-state index in [0.29, 0.717) is 41.5 Å². The molecule has 1 unspecified atom stereocenters. The van der Waals surface area contributed by atoms with Crippen LogP contribution in [0.3, 0.4) is 0 Å². The van der Waals surface area contributed by atoms with E-state index in [2.05, 4.69) is 15.5 Å².